The van der Waals surface area contributed by atoms with Gasteiger partial charge in [0.15, 0.2) is 5.65 Å². The van der Waals surface area contributed by atoms with Crippen LogP contribution in [-0.2, 0) is 4.79 Å². The Morgan fingerprint density at radius 1 is 1.26 bits per heavy atom. The Bertz CT molecular complexity index is 1260. The van der Waals surface area contributed by atoms with E-state index in [0.717, 1.165) is 65.9 Å². The van der Waals surface area contributed by atoms with Crippen LogP contribution in [0.3, 0.4) is 0 Å². The molecule has 1 aromatic carbocycles. The Hall–Kier alpha value is -2.48. The quantitative estimate of drug-likeness (QED) is 0.558. The minimum atomic E-state index is -0.137. The lowest BCUT2D eigenvalue weighted by Gasteiger charge is -2.32. The van der Waals surface area contributed by atoms with Crippen molar-refractivity contribution in [2.75, 3.05) is 19.6 Å². The maximum atomic E-state index is 12.9. The summed E-state index contributed by atoms with van der Waals surface area (Å²) in [5.74, 6) is 0.207. The summed E-state index contributed by atoms with van der Waals surface area (Å²) in [6.45, 7) is 6.19. The molecule has 2 aliphatic rings. The van der Waals surface area contributed by atoms with Crippen molar-refractivity contribution in [3.05, 3.63) is 57.5 Å². The summed E-state index contributed by atoms with van der Waals surface area (Å²) in [6, 6.07) is 5.32. The van der Waals surface area contributed by atoms with E-state index in [1.165, 1.54) is 0 Å². The van der Waals surface area contributed by atoms with E-state index in [4.69, 9.17) is 33.3 Å². The first-order chi connectivity index (χ1) is 16.4. The van der Waals surface area contributed by atoms with Gasteiger partial charge in [0.2, 0.25) is 5.91 Å². The van der Waals surface area contributed by atoms with E-state index < -0.39 is 0 Å². The maximum absolute atomic E-state index is 12.9. The monoisotopic (exact) mass is 498 g/mol. The summed E-state index contributed by atoms with van der Waals surface area (Å²) in [4.78, 5) is 24.4. The van der Waals surface area contributed by atoms with Crippen LogP contribution < -0.4 is 5.32 Å². The van der Waals surface area contributed by atoms with Gasteiger partial charge in [0.05, 0.1) is 29.7 Å². The SMILES string of the molecule is Cc1nn(C(C)c2ccc(Cl)cc2Cl)c2nc(C3=CCN(C(=O)C4CCCCN4)CC3)cnc12. The van der Waals surface area contributed by atoms with Crippen molar-refractivity contribution < 1.29 is 4.79 Å². The highest BCUT2D eigenvalue weighted by Crippen LogP contribution is 2.31. The number of piperidine rings is 1. The molecule has 0 radical (unpaired) electrons. The lowest BCUT2D eigenvalue weighted by molar-refractivity contribution is -0.133. The number of nitrogens with zero attached hydrogens (tertiary/aromatic N) is 5. The largest absolute Gasteiger partial charge is 0.337 e. The minimum Gasteiger partial charge on any atom is -0.337 e. The first-order valence-electron chi connectivity index (χ1n) is 11.8. The number of carbonyl (C=O) groups excluding carboxylic acids is 1. The second-order valence-corrected chi connectivity index (χ2v) is 9.91. The molecule has 9 heteroatoms. The number of halogens is 2. The molecule has 1 N–H and O–H groups in total. The fraction of sp³-hybridized carbons (Fsp3) is 0.440. The van der Waals surface area contributed by atoms with E-state index in [9.17, 15) is 4.79 Å². The van der Waals surface area contributed by atoms with Crippen LogP contribution in [0.1, 0.15) is 55.6 Å². The molecule has 3 aromatic rings. The zero-order valence-corrected chi connectivity index (χ0v) is 20.9. The third-order valence-electron chi connectivity index (χ3n) is 6.81. The van der Waals surface area contributed by atoms with Gasteiger partial charge in [0.25, 0.3) is 0 Å². The zero-order chi connectivity index (χ0) is 23.8. The Kier molecular flexibility index (Phi) is 6.60. The van der Waals surface area contributed by atoms with Crippen LogP contribution in [0.2, 0.25) is 10.0 Å². The Balaban J connectivity index is 1.41. The van der Waals surface area contributed by atoms with Crippen LogP contribution >= 0.6 is 23.2 Å². The molecule has 5 rings (SSSR count). The normalized spacial score (nSPS) is 19.8. The number of hydrogen-bond acceptors (Lipinski definition) is 5. The molecule has 2 atom stereocenters. The van der Waals surface area contributed by atoms with E-state index in [0.29, 0.717) is 23.1 Å². The van der Waals surface area contributed by atoms with E-state index in [1.807, 2.05) is 41.8 Å². The smallest absolute Gasteiger partial charge is 0.239 e. The molecule has 4 heterocycles. The third kappa shape index (κ3) is 4.44. The lowest BCUT2D eigenvalue weighted by Crippen LogP contribution is -2.49. The van der Waals surface area contributed by atoms with Gasteiger partial charge in [-0.25, -0.2) is 14.6 Å². The summed E-state index contributed by atoms with van der Waals surface area (Å²) in [6.07, 6.45) is 7.85. The molecule has 0 spiro atoms. The number of rotatable bonds is 4. The van der Waals surface area contributed by atoms with Gasteiger partial charge in [-0.15, -0.1) is 0 Å². The molecule has 2 aliphatic heterocycles. The van der Waals surface area contributed by atoms with Crippen molar-refractivity contribution >= 4 is 45.8 Å². The van der Waals surface area contributed by atoms with Crippen LogP contribution in [0.15, 0.2) is 30.5 Å². The molecule has 0 aliphatic carbocycles. The van der Waals surface area contributed by atoms with Crippen molar-refractivity contribution in [2.45, 2.75) is 51.6 Å². The van der Waals surface area contributed by atoms with Crippen molar-refractivity contribution in [1.29, 1.82) is 0 Å². The second-order valence-electron chi connectivity index (χ2n) is 9.07. The number of amides is 1. The van der Waals surface area contributed by atoms with Crippen molar-refractivity contribution in [1.82, 2.24) is 30.0 Å². The number of aryl methyl sites for hydroxylation is 1. The first kappa shape index (κ1) is 23.3. The molecule has 0 saturated carbocycles. The molecular weight excluding hydrogens is 471 g/mol. The van der Waals surface area contributed by atoms with Crippen LogP contribution in [0.4, 0.5) is 0 Å². The molecule has 2 unspecified atom stereocenters. The van der Waals surface area contributed by atoms with Crippen LogP contribution in [0.25, 0.3) is 16.7 Å². The van der Waals surface area contributed by atoms with Gasteiger partial charge in [-0.2, -0.15) is 5.10 Å². The fourth-order valence-electron chi connectivity index (χ4n) is 4.83. The van der Waals surface area contributed by atoms with E-state index in [1.54, 1.807) is 6.07 Å². The summed E-state index contributed by atoms with van der Waals surface area (Å²) < 4.78 is 1.88. The van der Waals surface area contributed by atoms with Gasteiger partial charge < -0.3 is 10.2 Å². The lowest BCUT2D eigenvalue weighted by atomic mass is 10.0. The standard InChI is InChI=1S/C25H28Cl2N6O/c1-15-23-24(33(31-15)16(2)19-7-6-18(26)13-20(19)27)30-22(14-29-23)17-8-11-32(12-9-17)25(34)21-5-3-4-10-28-21/h6-8,13-14,16,21,28H,3-5,9-12H2,1-2H3. The molecule has 0 bridgehead atoms. The van der Waals surface area contributed by atoms with Crippen molar-refractivity contribution in [3.8, 4) is 0 Å². The number of fused-ring (bicyclic) bond motifs is 1. The summed E-state index contributed by atoms with van der Waals surface area (Å²) in [7, 11) is 0. The molecular formula is C25H28Cl2N6O. The highest BCUT2D eigenvalue weighted by atomic mass is 35.5. The first-order valence-corrected chi connectivity index (χ1v) is 12.6. The number of aromatic nitrogens is 4. The Morgan fingerprint density at radius 2 is 2.12 bits per heavy atom. The highest BCUT2D eigenvalue weighted by Gasteiger charge is 2.27. The third-order valence-corrected chi connectivity index (χ3v) is 7.37. The van der Waals surface area contributed by atoms with E-state index >= 15 is 0 Å². The van der Waals surface area contributed by atoms with Gasteiger partial charge in [0, 0.05) is 23.1 Å². The molecule has 1 amide bonds. The van der Waals surface area contributed by atoms with Gasteiger partial charge in [-0.3, -0.25) is 4.79 Å². The summed E-state index contributed by atoms with van der Waals surface area (Å²) >= 11 is 12.6. The molecule has 2 aromatic heterocycles. The highest BCUT2D eigenvalue weighted by molar-refractivity contribution is 6.35. The number of nitrogens with one attached hydrogen (secondary N) is 1. The summed E-state index contributed by atoms with van der Waals surface area (Å²) in [5, 5.41) is 9.27. The molecule has 34 heavy (non-hydrogen) atoms. The van der Waals surface area contributed by atoms with Crippen molar-refractivity contribution in [3.63, 3.8) is 0 Å². The molecule has 1 saturated heterocycles. The minimum absolute atomic E-state index is 0.0432. The van der Waals surface area contributed by atoms with Gasteiger partial charge in [-0.1, -0.05) is 41.8 Å². The average Bonchev–Trinajstić information content (AvgIpc) is 3.19. The fourth-order valence-corrected chi connectivity index (χ4v) is 5.40. The van der Waals surface area contributed by atoms with E-state index in [-0.39, 0.29) is 18.0 Å². The zero-order valence-electron chi connectivity index (χ0n) is 19.4. The number of carbonyl (C=O) groups is 1. The van der Waals surface area contributed by atoms with Gasteiger partial charge in [-0.05, 0) is 62.9 Å². The number of hydrogen-bond donors (Lipinski definition) is 1. The van der Waals surface area contributed by atoms with Gasteiger partial charge >= 0.3 is 0 Å². The van der Waals surface area contributed by atoms with Crippen LogP contribution in [0, 0.1) is 6.92 Å². The maximum Gasteiger partial charge on any atom is 0.239 e. The summed E-state index contributed by atoms with van der Waals surface area (Å²) in [5.41, 5.74) is 5.17. The molecule has 1 fully saturated rings. The molecule has 7 nitrogen and oxygen atoms in total. The Morgan fingerprint density at radius 3 is 2.82 bits per heavy atom. The second kappa shape index (κ2) is 9.64. The average molecular weight is 499 g/mol. The van der Waals surface area contributed by atoms with Crippen molar-refractivity contribution in [2.24, 2.45) is 0 Å². The van der Waals surface area contributed by atoms with Gasteiger partial charge in [0.1, 0.15) is 5.52 Å². The number of benzene rings is 1. The van der Waals surface area contributed by atoms with E-state index in [2.05, 4.69) is 16.4 Å². The Labute approximate surface area is 209 Å². The predicted molar refractivity (Wildman–Crippen MR) is 135 cm³/mol. The molecule has 178 valence electrons. The van der Waals surface area contributed by atoms with Crippen LogP contribution in [0.5, 0.6) is 0 Å². The topological polar surface area (TPSA) is 75.9 Å². The van der Waals surface area contributed by atoms with Crippen LogP contribution in [-0.4, -0.2) is 56.2 Å². The predicted octanol–water partition coefficient (Wildman–Crippen LogP) is 4.81.